The van der Waals surface area contributed by atoms with E-state index in [2.05, 4.69) is 5.32 Å². The highest BCUT2D eigenvalue weighted by Gasteiger charge is 2.50. The van der Waals surface area contributed by atoms with Gasteiger partial charge in [-0.3, -0.25) is 4.79 Å². The van der Waals surface area contributed by atoms with Gasteiger partial charge in [-0.15, -0.1) is 0 Å². The summed E-state index contributed by atoms with van der Waals surface area (Å²) in [5.41, 5.74) is -1.11. The van der Waals surface area contributed by atoms with Gasteiger partial charge in [0.2, 0.25) is 0 Å². The Hall–Kier alpha value is -2.90. The van der Waals surface area contributed by atoms with Crippen LogP contribution in [0.3, 0.4) is 0 Å². The summed E-state index contributed by atoms with van der Waals surface area (Å²) in [6, 6.07) is 12.8. The van der Waals surface area contributed by atoms with Crippen LogP contribution in [0.15, 0.2) is 54.6 Å². The highest BCUT2D eigenvalue weighted by molar-refractivity contribution is 5.89. The molecule has 29 heavy (non-hydrogen) atoms. The number of hydrogen-bond donors (Lipinski definition) is 1. The Balaban J connectivity index is 1.99. The molecule has 4 nitrogen and oxygen atoms in total. The monoisotopic (exact) mass is 409 g/mol. The molecule has 2 aromatic carbocycles. The molecule has 1 saturated carbocycles. The van der Waals surface area contributed by atoms with E-state index >= 15 is 0 Å². The van der Waals surface area contributed by atoms with Crippen molar-refractivity contribution in [2.45, 2.75) is 43.5 Å². The predicted molar refractivity (Wildman–Crippen MR) is 96.4 cm³/mol. The van der Waals surface area contributed by atoms with Gasteiger partial charge in [0.1, 0.15) is 17.5 Å². The van der Waals surface area contributed by atoms with E-state index in [1.165, 1.54) is 24.3 Å². The number of alkyl halides is 3. The Bertz CT molecular complexity index is 868. The van der Waals surface area contributed by atoms with Crippen molar-refractivity contribution in [2.24, 2.45) is 0 Å². The first-order valence-corrected chi connectivity index (χ1v) is 9.14. The summed E-state index contributed by atoms with van der Waals surface area (Å²) >= 11 is 0. The summed E-state index contributed by atoms with van der Waals surface area (Å²) in [5, 5.41) is 2.05. The fraction of sp³-hybridized carbons (Fsp3) is 0.333. The number of carbonyl (C=O) groups excluding carboxylic acids is 2. The molecule has 1 aliphatic carbocycles. The van der Waals surface area contributed by atoms with Crippen molar-refractivity contribution in [1.29, 1.82) is 0 Å². The smallest absolute Gasteiger partial charge is 0.456 e. The van der Waals surface area contributed by atoms with Gasteiger partial charge < -0.3 is 10.1 Å². The first-order valence-electron chi connectivity index (χ1n) is 9.14. The average molecular weight is 409 g/mol. The van der Waals surface area contributed by atoms with E-state index in [0.29, 0.717) is 12.8 Å². The minimum Gasteiger partial charge on any atom is -0.456 e. The molecule has 0 aliphatic heterocycles. The Labute approximate surface area is 164 Å². The highest BCUT2D eigenvalue weighted by atomic mass is 19.4. The van der Waals surface area contributed by atoms with E-state index < -0.39 is 35.5 Å². The van der Waals surface area contributed by atoms with Crippen molar-refractivity contribution in [1.82, 2.24) is 5.32 Å². The van der Waals surface area contributed by atoms with E-state index in [0.717, 1.165) is 12.1 Å². The lowest BCUT2D eigenvalue weighted by Crippen LogP contribution is -2.59. The van der Waals surface area contributed by atoms with Gasteiger partial charge >= 0.3 is 18.1 Å². The standard InChI is InChI=1S/C21H19F4NO3/c22-16-11-9-15(10-12-16)20(26-19(28)21(23,24)25)13-5-4-8-17(20)29-18(27)14-6-2-1-3-7-14/h1-3,6-7,9-12,17H,4-5,8,13H2,(H,26,28)/t17-,20-/m0/s1. The van der Waals surface area contributed by atoms with Gasteiger partial charge in [0.15, 0.2) is 0 Å². The predicted octanol–water partition coefficient (Wildman–Crippen LogP) is 4.50. The third-order valence-corrected chi connectivity index (χ3v) is 5.05. The number of nitrogens with one attached hydrogen (secondary N) is 1. The van der Waals surface area contributed by atoms with E-state index in [1.54, 1.807) is 18.2 Å². The molecule has 1 amide bonds. The van der Waals surface area contributed by atoms with E-state index in [-0.39, 0.29) is 24.0 Å². The molecule has 8 heteroatoms. The van der Waals surface area contributed by atoms with Gasteiger partial charge in [0, 0.05) is 0 Å². The topological polar surface area (TPSA) is 55.4 Å². The van der Waals surface area contributed by atoms with Crippen LogP contribution in [-0.4, -0.2) is 24.2 Å². The summed E-state index contributed by atoms with van der Waals surface area (Å²) < 4.78 is 58.1. The Kier molecular flexibility index (Phi) is 5.91. The van der Waals surface area contributed by atoms with E-state index in [9.17, 15) is 27.2 Å². The van der Waals surface area contributed by atoms with Crippen LogP contribution in [0.1, 0.15) is 41.6 Å². The number of carbonyl (C=O) groups is 2. The summed E-state index contributed by atoms with van der Waals surface area (Å²) in [5.74, 6) is -3.41. The zero-order valence-corrected chi connectivity index (χ0v) is 15.3. The summed E-state index contributed by atoms with van der Waals surface area (Å²) in [7, 11) is 0. The molecule has 1 fully saturated rings. The second kappa shape index (κ2) is 8.23. The molecular formula is C21H19F4NO3. The van der Waals surface area contributed by atoms with Crippen LogP contribution in [0.5, 0.6) is 0 Å². The molecule has 0 radical (unpaired) electrons. The number of esters is 1. The zero-order valence-electron chi connectivity index (χ0n) is 15.3. The van der Waals surface area contributed by atoms with E-state index in [4.69, 9.17) is 4.74 Å². The van der Waals surface area contributed by atoms with Gasteiger partial charge in [0.25, 0.3) is 0 Å². The summed E-state index contributed by atoms with van der Waals surface area (Å²) in [6.45, 7) is 0. The third-order valence-electron chi connectivity index (χ3n) is 5.05. The molecule has 3 rings (SSSR count). The lowest BCUT2D eigenvalue weighted by molar-refractivity contribution is -0.178. The van der Waals surface area contributed by atoms with Crippen molar-refractivity contribution in [2.75, 3.05) is 0 Å². The van der Waals surface area contributed by atoms with Crippen LogP contribution in [0.25, 0.3) is 0 Å². The van der Waals surface area contributed by atoms with Gasteiger partial charge in [-0.25, -0.2) is 9.18 Å². The number of hydrogen-bond acceptors (Lipinski definition) is 3. The maximum atomic E-state index is 13.4. The van der Waals surface area contributed by atoms with Gasteiger partial charge in [-0.2, -0.15) is 13.2 Å². The molecule has 0 spiro atoms. The zero-order chi connectivity index (χ0) is 21.1. The van der Waals surface area contributed by atoms with Crippen molar-refractivity contribution in [3.05, 3.63) is 71.5 Å². The van der Waals surface area contributed by atoms with Crippen LogP contribution in [0, 0.1) is 5.82 Å². The van der Waals surface area contributed by atoms with Crippen LogP contribution in [0.4, 0.5) is 17.6 Å². The second-order valence-electron chi connectivity index (χ2n) is 6.94. The molecule has 0 heterocycles. The maximum absolute atomic E-state index is 13.4. The van der Waals surface area contributed by atoms with Crippen LogP contribution >= 0.6 is 0 Å². The van der Waals surface area contributed by atoms with Crippen molar-refractivity contribution in [3.8, 4) is 0 Å². The Morgan fingerprint density at radius 3 is 2.28 bits per heavy atom. The molecule has 0 aromatic heterocycles. The molecule has 0 unspecified atom stereocenters. The molecule has 0 saturated heterocycles. The molecule has 154 valence electrons. The largest absolute Gasteiger partial charge is 0.471 e. The third kappa shape index (κ3) is 4.58. The Morgan fingerprint density at radius 2 is 1.66 bits per heavy atom. The van der Waals surface area contributed by atoms with Gasteiger partial charge in [-0.1, -0.05) is 36.8 Å². The minimum absolute atomic E-state index is 0.118. The number of benzene rings is 2. The summed E-state index contributed by atoms with van der Waals surface area (Å²) in [6.07, 6.45) is -4.66. The minimum atomic E-state index is -5.11. The second-order valence-corrected chi connectivity index (χ2v) is 6.94. The number of rotatable bonds is 4. The highest BCUT2D eigenvalue weighted by Crippen LogP contribution is 2.40. The van der Waals surface area contributed by atoms with Crippen LogP contribution < -0.4 is 5.32 Å². The lowest BCUT2D eigenvalue weighted by Gasteiger charge is -2.44. The van der Waals surface area contributed by atoms with E-state index in [1.807, 2.05) is 0 Å². The molecule has 1 aliphatic rings. The molecular weight excluding hydrogens is 390 g/mol. The van der Waals surface area contributed by atoms with Gasteiger partial charge in [0.05, 0.1) is 5.56 Å². The van der Waals surface area contributed by atoms with Crippen LogP contribution in [-0.2, 0) is 15.1 Å². The first kappa shape index (κ1) is 20.8. The van der Waals surface area contributed by atoms with Crippen molar-refractivity contribution < 1.29 is 31.9 Å². The van der Waals surface area contributed by atoms with Crippen molar-refractivity contribution in [3.63, 3.8) is 0 Å². The molecule has 2 atom stereocenters. The van der Waals surface area contributed by atoms with Crippen molar-refractivity contribution >= 4 is 11.9 Å². The van der Waals surface area contributed by atoms with Crippen LogP contribution in [0.2, 0.25) is 0 Å². The Morgan fingerprint density at radius 1 is 1.00 bits per heavy atom. The number of ether oxygens (including phenoxy) is 1. The number of halogens is 4. The van der Waals surface area contributed by atoms with Gasteiger partial charge in [-0.05, 0) is 49.1 Å². The first-order chi connectivity index (χ1) is 13.7. The molecule has 1 N–H and O–H groups in total. The molecule has 0 bridgehead atoms. The fourth-order valence-electron chi connectivity index (χ4n) is 3.64. The number of amides is 1. The average Bonchev–Trinajstić information content (AvgIpc) is 2.70. The normalized spacial score (nSPS) is 22.0. The molecule has 2 aromatic rings. The quantitative estimate of drug-likeness (QED) is 0.598. The lowest BCUT2D eigenvalue weighted by atomic mass is 9.74. The summed E-state index contributed by atoms with van der Waals surface area (Å²) in [4.78, 5) is 24.4. The maximum Gasteiger partial charge on any atom is 0.471 e. The SMILES string of the molecule is O=C(O[C@H]1CCCC[C@]1(NC(=O)C(F)(F)F)c1ccc(F)cc1)c1ccccc1. The fourth-order valence-corrected chi connectivity index (χ4v) is 3.64.